The molecular weight excluding hydrogens is 390 g/mol. The van der Waals surface area contributed by atoms with E-state index in [1.54, 1.807) is 7.05 Å². The van der Waals surface area contributed by atoms with Crippen LogP contribution in [0.25, 0.3) is 10.9 Å². The first-order chi connectivity index (χ1) is 13.9. The van der Waals surface area contributed by atoms with Gasteiger partial charge in [0.15, 0.2) is 15.8 Å². The molecule has 1 aromatic heterocycles. The summed E-state index contributed by atoms with van der Waals surface area (Å²) in [5, 5.41) is 10.4. The lowest BCUT2D eigenvalue weighted by molar-refractivity contribution is -0.121. The van der Waals surface area contributed by atoms with Crippen LogP contribution in [0.2, 0.25) is 0 Å². The van der Waals surface area contributed by atoms with Crippen molar-refractivity contribution in [2.24, 2.45) is 4.99 Å². The molecule has 0 spiro atoms. The number of H-pyrrole nitrogens is 1. The zero-order valence-corrected chi connectivity index (χ0v) is 17.7. The van der Waals surface area contributed by atoms with Gasteiger partial charge in [-0.1, -0.05) is 12.1 Å². The Morgan fingerprint density at radius 3 is 2.79 bits per heavy atom. The van der Waals surface area contributed by atoms with Crippen LogP contribution in [0.15, 0.2) is 29.4 Å². The normalized spacial score (nSPS) is 18.7. The molecule has 1 amide bonds. The Balaban J connectivity index is 1.37. The summed E-state index contributed by atoms with van der Waals surface area (Å²) in [5.41, 5.74) is 3.62. The van der Waals surface area contributed by atoms with Gasteiger partial charge in [-0.3, -0.25) is 9.79 Å². The minimum atomic E-state index is -2.99. The van der Waals surface area contributed by atoms with Crippen LogP contribution >= 0.6 is 0 Å². The van der Waals surface area contributed by atoms with Crippen LogP contribution in [0.4, 0.5) is 0 Å². The van der Waals surface area contributed by atoms with E-state index in [1.807, 2.05) is 6.20 Å². The molecule has 1 saturated heterocycles. The summed E-state index contributed by atoms with van der Waals surface area (Å²) >= 11 is 0. The van der Waals surface area contributed by atoms with Crippen molar-refractivity contribution in [2.75, 3.05) is 31.6 Å². The van der Waals surface area contributed by atoms with Crippen LogP contribution < -0.4 is 16.0 Å². The first-order valence-electron chi connectivity index (χ1n) is 9.87. The number of rotatable bonds is 7. The number of aromatic nitrogens is 1. The molecule has 1 atom stereocenters. The van der Waals surface area contributed by atoms with Crippen LogP contribution in [0.1, 0.15) is 24.0 Å². The van der Waals surface area contributed by atoms with Crippen LogP contribution in [-0.2, 0) is 21.1 Å². The van der Waals surface area contributed by atoms with E-state index in [9.17, 15) is 13.2 Å². The number of amides is 1. The van der Waals surface area contributed by atoms with Gasteiger partial charge in [0.1, 0.15) is 0 Å². The summed E-state index contributed by atoms with van der Waals surface area (Å²) in [4.78, 5) is 19.5. The number of aromatic amines is 1. The lowest BCUT2D eigenvalue weighted by Crippen LogP contribution is -2.41. The van der Waals surface area contributed by atoms with Gasteiger partial charge in [-0.15, -0.1) is 0 Å². The van der Waals surface area contributed by atoms with Gasteiger partial charge in [0.25, 0.3) is 0 Å². The standard InChI is InChI=1S/C20H29N5O3S/c1-14-3-4-17-15(12-24-18(17)11-14)5-8-22-20(21-2)23-9-6-19(26)25-16-7-10-29(27,28)13-16/h3-4,11-12,16,24H,5-10,13H2,1-2H3,(H,25,26)(H2,21,22,23). The molecule has 3 rings (SSSR count). The van der Waals surface area contributed by atoms with Crippen LogP contribution in [-0.4, -0.2) is 63.0 Å². The largest absolute Gasteiger partial charge is 0.361 e. The Labute approximate surface area is 171 Å². The van der Waals surface area contributed by atoms with Crippen molar-refractivity contribution in [3.63, 3.8) is 0 Å². The molecular formula is C20H29N5O3S. The average Bonchev–Trinajstić information content (AvgIpc) is 3.22. The highest BCUT2D eigenvalue weighted by molar-refractivity contribution is 7.91. The Morgan fingerprint density at radius 1 is 1.28 bits per heavy atom. The highest BCUT2D eigenvalue weighted by atomic mass is 32.2. The van der Waals surface area contributed by atoms with Gasteiger partial charge in [-0.2, -0.15) is 0 Å². The summed E-state index contributed by atoms with van der Waals surface area (Å²) in [6.45, 7) is 3.22. The van der Waals surface area contributed by atoms with Crippen LogP contribution in [0, 0.1) is 6.92 Å². The second kappa shape index (κ2) is 9.30. The maximum absolute atomic E-state index is 12.0. The van der Waals surface area contributed by atoms with Gasteiger partial charge >= 0.3 is 0 Å². The summed E-state index contributed by atoms with van der Waals surface area (Å²) < 4.78 is 22.9. The predicted molar refractivity (Wildman–Crippen MR) is 116 cm³/mol. The van der Waals surface area contributed by atoms with Crippen molar-refractivity contribution in [2.45, 2.75) is 32.2 Å². The number of hydrogen-bond acceptors (Lipinski definition) is 4. The van der Waals surface area contributed by atoms with Crippen molar-refractivity contribution in [3.8, 4) is 0 Å². The van der Waals surface area contributed by atoms with Gasteiger partial charge < -0.3 is 20.9 Å². The quantitative estimate of drug-likeness (QED) is 0.393. The minimum absolute atomic E-state index is 0.0444. The van der Waals surface area contributed by atoms with Crippen molar-refractivity contribution in [3.05, 3.63) is 35.5 Å². The molecule has 0 radical (unpaired) electrons. The van der Waals surface area contributed by atoms with Gasteiger partial charge in [0, 0.05) is 49.7 Å². The summed E-state index contributed by atoms with van der Waals surface area (Å²) in [5.74, 6) is 0.687. The third kappa shape index (κ3) is 5.96. The number of hydrogen-bond donors (Lipinski definition) is 4. The third-order valence-electron chi connectivity index (χ3n) is 5.08. The minimum Gasteiger partial charge on any atom is -0.361 e. The molecule has 8 nitrogen and oxygen atoms in total. The zero-order valence-electron chi connectivity index (χ0n) is 16.9. The molecule has 2 heterocycles. The Kier molecular flexibility index (Phi) is 6.79. The Morgan fingerprint density at radius 2 is 2.07 bits per heavy atom. The molecule has 0 bridgehead atoms. The van der Waals surface area contributed by atoms with Gasteiger partial charge in [0.05, 0.1) is 11.5 Å². The molecule has 1 fully saturated rings. The second-order valence-corrected chi connectivity index (χ2v) is 9.68. The van der Waals surface area contributed by atoms with E-state index < -0.39 is 9.84 Å². The van der Waals surface area contributed by atoms with Crippen molar-refractivity contribution >= 4 is 32.6 Å². The summed E-state index contributed by atoms with van der Waals surface area (Å²) in [6.07, 6.45) is 3.65. The van der Waals surface area contributed by atoms with E-state index in [0.29, 0.717) is 25.5 Å². The first-order valence-corrected chi connectivity index (χ1v) is 11.7. The van der Waals surface area contributed by atoms with E-state index in [2.05, 4.69) is 51.0 Å². The van der Waals surface area contributed by atoms with E-state index in [1.165, 1.54) is 16.5 Å². The van der Waals surface area contributed by atoms with Crippen LogP contribution in [0.3, 0.4) is 0 Å². The van der Waals surface area contributed by atoms with Gasteiger partial charge in [-0.05, 0) is 37.0 Å². The lowest BCUT2D eigenvalue weighted by Gasteiger charge is -2.13. The summed E-state index contributed by atoms with van der Waals surface area (Å²) in [6, 6.07) is 6.13. The molecule has 158 valence electrons. The van der Waals surface area contributed by atoms with Gasteiger partial charge in [0.2, 0.25) is 5.91 Å². The number of nitrogens with one attached hydrogen (secondary N) is 4. The number of guanidine groups is 1. The predicted octanol–water partition coefficient (Wildman–Crippen LogP) is 0.877. The molecule has 0 saturated carbocycles. The fraction of sp³-hybridized carbons (Fsp3) is 0.500. The highest BCUT2D eigenvalue weighted by Gasteiger charge is 2.28. The molecule has 0 aliphatic carbocycles. The number of aliphatic imine (C=N–C) groups is 1. The number of carbonyl (C=O) groups excluding carboxylic acids is 1. The number of carbonyl (C=O) groups is 1. The van der Waals surface area contributed by atoms with Gasteiger partial charge in [-0.25, -0.2) is 8.42 Å². The number of aryl methyl sites for hydroxylation is 1. The molecule has 4 N–H and O–H groups in total. The Bertz CT molecular complexity index is 997. The SMILES string of the molecule is CN=C(NCCC(=O)NC1CCS(=O)(=O)C1)NCCc1c[nH]c2cc(C)ccc12. The molecule has 1 aromatic carbocycles. The third-order valence-corrected chi connectivity index (χ3v) is 6.84. The number of benzene rings is 1. The van der Waals surface area contributed by atoms with E-state index >= 15 is 0 Å². The number of nitrogens with zero attached hydrogens (tertiary/aromatic N) is 1. The lowest BCUT2D eigenvalue weighted by atomic mass is 10.1. The molecule has 1 aliphatic rings. The zero-order chi connectivity index (χ0) is 20.9. The second-order valence-electron chi connectivity index (χ2n) is 7.46. The maximum Gasteiger partial charge on any atom is 0.222 e. The fourth-order valence-electron chi connectivity index (χ4n) is 3.55. The van der Waals surface area contributed by atoms with E-state index in [0.717, 1.165) is 11.9 Å². The fourth-order valence-corrected chi connectivity index (χ4v) is 5.22. The molecule has 9 heteroatoms. The highest BCUT2D eigenvalue weighted by Crippen LogP contribution is 2.19. The number of sulfone groups is 1. The monoisotopic (exact) mass is 419 g/mol. The smallest absolute Gasteiger partial charge is 0.222 e. The Hall–Kier alpha value is -2.55. The van der Waals surface area contributed by atoms with Crippen molar-refractivity contribution in [1.29, 1.82) is 0 Å². The van der Waals surface area contributed by atoms with Crippen molar-refractivity contribution in [1.82, 2.24) is 20.9 Å². The maximum atomic E-state index is 12.0. The molecule has 2 aromatic rings. The summed E-state index contributed by atoms with van der Waals surface area (Å²) in [7, 11) is -1.30. The average molecular weight is 420 g/mol. The molecule has 29 heavy (non-hydrogen) atoms. The topological polar surface area (TPSA) is 115 Å². The number of fused-ring (bicyclic) bond motifs is 1. The molecule has 1 aliphatic heterocycles. The van der Waals surface area contributed by atoms with Crippen LogP contribution in [0.5, 0.6) is 0 Å². The van der Waals surface area contributed by atoms with E-state index in [-0.39, 0.29) is 29.9 Å². The molecule has 1 unspecified atom stereocenters. The van der Waals surface area contributed by atoms with Crippen molar-refractivity contribution < 1.29 is 13.2 Å². The first kappa shape index (κ1) is 21.2. The van der Waals surface area contributed by atoms with E-state index in [4.69, 9.17) is 0 Å².